The highest BCUT2D eigenvalue weighted by atomic mass is 32.1. The summed E-state index contributed by atoms with van der Waals surface area (Å²) >= 11 is 1.87. The van der Waals surface area contributed by atoms with Crippen molar-refractivity contribution in [2.45, 2.75) is 83.8 Å². The van der Waals surface area contributed by atoms with Gasteiger partial charge in [0.05, 0.1) is 10.7 Å². The topological polar surface area (TPSA) is 50.9 Å². The number of aromatic nitrogens is 1. The Balaban J connectivity index is 2.02. The zero-order valence-corrected chi connectivity index (χ0v) is 14.3. The second kappa shape index (κ2) is 6.12. The van der Waals surface area contributed by atoms with Crippen LogP contribution in [0.3, 0.4) is 0 Å². The van der Waals surface area contributed by atoms with Crippen molar-refractivity contribution in [1.29, 1.82) is 0 Å². The van der Waals surface area contributed by atoms with Crippen molar-refractivity contribution in [3.8, 4) is 0 Å². The number of hydrogen-bond donors (Lipinski definition) is 2. The molecule has 1 heterocycles. The van der Waals surface area contributed by atoms with Crippen molar-refractivity contribution in [3.63, 3.8) is 0 Å². The van der Waals surface area contributed by atoms with Crippen LogP contribution in [0, 0.1) is 6.92 Å². The van der Waals surface area contributed by atoms with Gasteiger partial charge in [0.25, 0.3) is 0 Å². The summed E-state index contributed by atoms with van der Waals surface area (Å²) in [4.78, 5) is 6.16. The van der Waals surface area contributed by atoms with E-state index < -0.39 is 0 Å². The maximum atomic E-state index is 5.98. The van der Waals surface area contributed by atoms with E-state index in [4.69, 9.17) is 10.7 Å². The summed E-state index contributed by atoms with van der Waals surface area (Å²) in [6.07, 6.45) is 4.71. The van der Waals surface area contributed by atoms with Crippen LogP contribution in [0.25, 0.3) is 0 Å². The Morgan fingerprint density at radius 3 is 2.35 bits per heavy atom. The highest BCUT2D eigenvalue weighted by Crippen LogP contribution is 2.33. The highest BCUT2D eigenvalue weighted by molar-refractivity contribution is 7.12. The first-order valence-electron chi connectivity index (χ1n) is 7.77. The Morgan fingerprint density at radius 1 is 1.25 bits per heavy atom. The summed E-state index contributed by atoms with van der Waals surface area (Å²) in [5.74, 6) is 0. The Hall–Kier alpha value is -0.450. The molecule has 0 amide bonds. The van der Waals surface area contributed by atoms with Gasteiger partial charge in [-0.2, -0.15) is 0 Å². The molecule has 20 heavy (non-hydrogen) atoms. The lowest BCUT2D eigenvalue weighted by molar-refractivity contribution is 0.323. The molecule has 0 aliphatic heterocycles. The fraction of sp³-hybridized carbons (Fsp3) is 0.812. The van der Waals surface area contributed by atoms with Crippen LogP contribution >= 0.6 is 11.3 Å². The van der Waals surface area contributed by atoms with Crippen molar-refractivity contribution in [3.05, 3.63) is 15.6 Å². The molecular formula is C16H29N3S. The van der Waals surface area contributed by atoms with Gasteiger partial charge >= 0.3 is 0 Å². The van der Waals surface area contributed by atoms with Gasteiger partial charge in [0, 0.05) is 28.4 Å². The molecule has 0 bridgehead atoms. The number of nitrogens with two attached hydrogens (primary N) is 1. The normalized spacial score (nSPS) is 25.7. The molecule has 1 aliphatic carbocycles. The standard InChI is InChI=1S/C16H29N3S/c1-10(18-13-8-6-12(17)7-9-13)14-11(2)19-15(20-14)16(3,4)5/h10,12-13,18H,6-9,17H2,1-5H3. The molecule has 1 aliphatic rings. The van der Waals surface area contributed by atoms with Gasteiger partial charge in [-0.25, -0.2) is 4.98 Å². The number of aryl methyl sites for hydroxylation is 1. The average molecular weight is 295 g/mol. The third-order valence-corrected chi connectivity index (χ3v) is 5.89. The van der Waals surface area contributed by atoms with E-state index in [9.17, 15) is 0 Å². The number of thiazole rings is 1. The van der Waals surface area contributed by atoms with Gasteiger partial charge in [-0.1, -0.05) is 20.8 Å². The number of rotatable bonds is 3. The Bertz CT molecular complexity index is 439. The summed E-state index contributed by atoms with van der Waals surface area (Å²) in [6, 6.07) is 1.42. The number of nitrogens with one attached hydrogen (secondary N) is 1. The first-order valence-corrected chi connectivity index (χ1v) is 8.58. The number of hydrogen-bond acceptors (Lipinski definition) is 4. The minimum atomic E-state index is 0.144. The fourth-order valence-corrected chi connectivity index (χ4v) is 3.98. The van der Waals surface area contributed by atoms with Gasteiger partial charge < -0.3 is 11.1 Å². The maximum absolute atomic E-state index is 5.98. The van der Waals surface area contributed by atoms with Crippen LogP contribution < -0.4 is 11.1 Å². The quantitative estimate of drug-likeness (QED) is 0.894. The van der Waals surface area contributed by atoms with Gasteiger partial charge in [-0.15, -0.1) is 11.3 Å². The molecule has 1 atom stereocenters. The van der Waals surface area contributed by atoms with Crippen molar-refractivity contribution in [2.75, 3.05) is 0 Å². The van der Waals surface area contributed by atoms with Gasteiger partial charge in [-0.3, -0.25) is 0 Å². The molecule has 3 nitrogen and oxygen atoms in total. The van der Waals surface area contributed by atoms with E-state index in [2.05, 4.69) is 39.9 Å². The van der Waals surface area contributed by atoms with E-state index in [0.29, 0.717) is 18.1 Å². The van der Waals surface area contributed by atoms with Gasteiger partial charge in [0.15, 0.2) is 0 Å². The first kappa shape index (κ1) is 15.9. The molecule has 1 aromatic heterocycles. The van der Waals surface area contributed by atoms with E-state index >= 15 is 0 Å². The Morgan fingerprint density at radius 2 is 1.85 bits per heavy atom. The lowest BCUT2D eigenvalue weighted by atomic mass is 9.91. The molecule has 0 saturated heterocycles. The van der Waals surface area contributed by atoms with Crippen molar-refractivity contribution >= 4 is 11.3 Å². The lowest BCUT2D eigenvalue weighted by Crippen LogP contribution is -2.38. The van der Waals surface area contributed by atoms with E-state index in [1.165, 1.54) is 28.4 Å². The van der Waals surface area contributed by atoms with E-state index in [-0.39, 0.29) is 5.41 Å². The zero-order valence-electron chi connectivity index (χ0n) is 13.5. The molecule has 0 spiro atoms. The fourth-order valence-electron chi connectivity index (χ4n) is 2.85. The third kappa shape index (κ3) is 3.80. The van der Waals surface area contributed by atoms with Crippen LogP contribution in [-0.4, -0.2) is 17.1 Å². The van der Waals surface area contributed by atoms with E-state index in [1.807, 2.05) is 11.3 Å². The van der Waals surface area contributed by atoms with Gasteiger partial charge in [-0.05, 0) is 39.5 Å². The molecule has 1 aromatic rings. The first-order chi connectivity index (χ1) is 9.27. The summed E-state index contributed by atoms with van der Waals surface area (Å²) in [5, 5.41) is 5.02. The van der Waals surface area contributed by atoms with Gasteiger partial charge in [0.2, 0.25) is 0 Å². The minimum Gasteiger partial charge on any atom is -0.328 e. The zero-order chi connectivity index (χ0) is 14.9. The maximum Gasteiger partial charge on any atom is 0.0985 e. The van der Waals surface area contributed by atoms with Crippen LogP contribution in [-0.2, 0) is 5.41 Å². The van der Waals surface area contributed by atoms with Gasteiger partial charge in [0.1, 0.15) is 0 Å². The smallest absolute Gasteiger partial charge is 0.0985 e. The molecular weight excluding hydrogens is 266 g/mol. The predicted molar refractivity (Wildman–Crippen MR) is 87.3 cm³/mol. The number of nitrogens with zero attached hydrogens (tertiary/aromatic N) is 1. The van der Waals surface area contributed by atoms with E-state index in [0.717, 1.165) is 12.8 Å². The predicted octanol–water partition coefficient (Wildman–Crippen LogP) is 3.67. The largest absolute Gasteiger partial charge is 0.328 e. The second-order valence-electron chi connectivity index (χ2n) is 7.22. The molecule has 0 aromatic carbocycles. The molecule has 3 N–H and O–H groups in total. The Kier molecular flexibility index (Phi) is 4.88. The summed E-state index contributed by atoms with van der Waals surface area (Å²) in [6.45, 7) is 11.1. The summed E-state index contributed by atoms with van der Waals surface area (Å²) < 4.78 is 0. The summed E-state index contributed by atoms with van der Waals surface area (Å²) in [5.41, 5.74) is 7.31. The van der Waals surface area contributed by atoms with Crippen LogP contribution in [0.1, 0.15) is 75.0 Å². The monoisotopic (exact) mass is 295 g/mol. The van der Waals surface area contributed by atoms with Crippen LogP contribution in [0.15, 0.2) is 0 Å². The molecule has 1 saturated carbocycles. The minimum absolute atomic E-state index is 0.144. The molecule has 1 fully saturated rings. The molecule has 114 valence electrons. The molecule has 2 rings (SSSR count). The SMILES string of the molecule is Cc1nc(C(C)(C)C)sc1C(C)NC1CCC(N)CC1. The van der Waals surface area contributed by atoms with Crippen molar-refractivity contribution < 1.29 is 0 Å². The Labute approximate surface area is 127 Å². The van der Waals surface area contributed by atoms with Crippen molar-refractivity contribution in [1.82, 2.24) is 10.3 Å². The third-order valence-electron chi connectivity index (χ3n) is 4.12. The summed E-state index contributed by atoms with van der Waals surface area (Å²) in [7, 11) is 0. The van der Waals surface area contributed by atoms with Crippen LogP contribution in [0.4, 0.5) is 0 Å². The average Bonchev–Trinajstić information content (AvgIpc) is 2.74. The van der Waals surface area contributed by atoms with Crippen LogP contribution in [0.5, 0.6) is 0 Å². The van der Waals surface area contributed by atoms with Crippen molar-refractivity contribution in [2.24, 2.45) is 5.73 Å². The lowest BCUT2D eigenvalue weighted by Gasteiger charge is -2.29. The molecule has 4 heteroatoms. The van der Waals surface area contributed by atoms with Crippen LogP contribution in [0.2, 0.25) is 0 Å². The highest BCUT2D eigenvalue weighted by Gasteiger charge is 2.25. The molecule has 0 radical (unpaired) electrons. The van der Waals surface area contributed by atoms with E-state index in [1.54, 1.807) is 0 Å². The second-order valence-corrected chi connectivity index (χ2v) is 8.25. The molecule has 1 unspecified atom stereocenters.